The molecule has 0 saturated heterocycles. The summed E-state index contributed by atoms with van der Waals surface area (Å²) in [6.45, 7) is 4.36. The second kappa shape index (κ2) is 9.00. The number of methoxy groups -OCH3 is 3. The van der Waals surface area contributed by atoms with Crippen LogP contribution in [0.3, 0.4) is 0 Å². The molecular weight excluding hydrogens is 384 g/mol. The first-order chi connectivity index (χ1) is 14.4. The molecule has 0 unspecified atom stereocenters. The van der Waals surface area contributed by atoms with Gasteiger partial charge in [-0.25, -0.2) is 0 Å². The van der Waals surface area contributed by atoms with Gasteiger partial charge in [-0.3, -0.25) is 14.5 Å². The van der Waals surface area contributed by atoms with Gasteiger partial charge in [0.15, 0.2) is 11.5 Å². The molecule has 7 heteroatoms. The molecule has 0 aromatic heterocycles. The Balaban J connectivity index is 2.08. The lowest BCUT2D eigenvalue weighted by Gasteiger charge is -2.15. The number of rotatable bonds is 8. The van der Waals surface area contributed by atoms with Crippen LogP contribution in [0.4, 0.5) is 5.69 Å². The minimum atomic E-state index is -0.387. The van der Waals surface area contributed by atoms with Crippen molar-refractivity contribution in [2.24, 2.45) is 0 Å². The molecule has 0 bridgehead atoms. The first-order valence-corrected chi connectivity index (χ1v) is 9.57. The van der Waals surface area contributed by atoms with Crippen LogP contribution in [0.5, 0.6) is 11.5 Å². The highest BCUT2D eigenvalue weighted by atomic mass is 16.5. The van der Waals surface area contributed by atoms with E-state index in [-0.39, 0.29) is 30.7 Å². The van der Waals surface area contributed by atoms with Crippen molar-refractivity contribution in [2.75, 3.05) is 39.8 Å². The van der Waals surface area contributed by atoms with E-state index in [1.54, 1.807) is 32.4 Å². The molecule has 1 N–H and O–H groups in total. The van der Waals surface area contributed by atoms with Gasteiger partial charge in [0.1, 0.15) is 5.70 Å². The van der Waals surface area contributed by atoms with Crippen molar-refractivity contribution in [1.29, 1.82) is 0 Å². The molecule has 0 atom stereocenters. The van der Waals surface area contributed by atoms with Crippen LogP contribution in [0, 0.1) is 13.8 Å². The fourth-order valence-corrected chi connectivity index (χ4v) is 3.48. The molecule has 158 valence electrons. The van der Waals surface area contributed by atoms with E-state index in [9.17, 15) is 9.59 Å². The Hall–Kier alpha value is -3.32. The second-order valence-electron chi connectivity index (χ2n) is 7.02. The topological polar surface area (TPSA) is 77.1 Å². The highest BCUT2D eigenvalue weighted by molar-refractivity contribution is 6.36. The Morgan fingerprint density at radius 3 is 2.27 bits per heavy atom. The Bertz CT molecular complexity index is 1010. The summed E-state index contributed by atoms with van der Waals surface area (Å²) in [5.74, 6) is 0.361. The van der Waals surface area contributed by atoms with Gasteiger partial charge in [0, 0.05) is 18.9 Å². The van der Waals surface area contributed by atoms with E-state index in [0.29, 0.717) is 22.8 Å². The van der Waals surface area contributed by atoms with Crippen LogP contribution in [-0.4, -0.2) is 51.2 Å². The number of carbonyl (C=O) groups is 2. The molecular formula is C23H26N2O5. The van der Waals surface area contributed by atoms with Gasteiger partial charge in [0.25, 0.3) is 11.8 Å². The third kappa shape index (κ3) is 4.02. The lowest BCUT2D eigenvalue weighted by Crippen LogP contribution is -2.35. The Morgan fingerprint density at radius 1 is 0.900 bits per heavy atom. The van der Waals surface area contributed by atoms with E-state index in [1.165, 1.54) is 12.0 Å². The standard InChI is InChI=1S/C23H26N2O5/c1-14-6-8-17(15(2)12-14)20-21(23(27)25(22(20)26)10-11-28-3)24-16-7-9-18(29-4)19(13-16)30-5/h6-9,12-13,24H,10-11H2,1-5H3. The molecule has 0 fully saturated rings. The Labute approximate surface area is 176 Å². The van der Waals surface area contributed by atoms with Crippen LogP contribution in [-0.2, 0) is 14.3 Å². The molecule has 0 saturated carbocycles. The molecule has 1 aliphatic rings. The summed E-state index contributed by atoms with van der Waals surface area (Å²) >= 11 is 0. The fourth-order valence-electron chi connectivity index (χ4n) is 3.48. The molecule has 2 aromatic rings. The molecule has 0 radical (unpaired) electrons. The molecule has 30 heavy (non-hydrogen) atoms. The normalized spacial score (nSPS) is 13.8. The van der Waals surface area contributed by atoms with Gasteiger partial charge >= 0.3 is 0 Å². The first kappa shape index (κ1) is 21.4. The third-order valence-corrected chi connectivity index (χ3v) is 4.99. The first-order valence-electron chi connectivity index (χ1n) is 9.57. The van der Waals surface area contributed by atoms with Crippen molar-refractivity contribution in [3.05, 3.63) is 58.8 Å². The van der Waals surface area contributed by atoms with Gasteiger partial charge in [-0.05, 0) is 37.1 Å². The zero-order valence-corrected chi connectivity index (χ0v) is 17.9. The molecule has 3 rings (SSSR count). The number of imide groups is 1. The van der Waals surface area contributed by atoms with E-state index >= 15 is 0 Å². The smallest absolute Gasteiger partial charge is 0.278 e. The molecule has 1 heterocycles. The van der Waals surface area contributed by atoms with Crippen molar-refractivity contribution in [3.8, 4) is 11.5 Å². The zero-order valence-electron chi connectivity index (χ0n) is 17.9. The summed E-state index contributed by atoms with van der Waals surface area (Å²) < 4.78 is 15.7. The number of hydrogen-bond donors (Lipinski definition) is 1. The van der Waals surface area contributed by atoms with Crippen molar-refractivity contribution in [3.63, 3.8) is 0 Å². The van der Waals surface area contributed by atoms with Crippen molar-refractivity contribution >= 4 is 23.1 Å². The average molecular weight is 410 g/mol. The summed E-state index contributed by atoms with van der Waals surface area (Å²) in [4.78, 5) is 27.5. The number of benzene rings is 2. The van der Waals surface area contributed by atoms with Gasteiger partial charge in [-0.15, -0.1) is 0 Å². The van der Waals surface area contributed by atoms with Gasteiger partial charge in [0.2, 0.25) is 0 Å². The molecule has 0 aliphatic carbocycles. The molecule has 0 spiro atoms. The Kier molecular flexibility index (Phi) is 6.42. The van der Waals surface area contributed by atoms with Crippen LogP contribution in [0.25, 0.3) is 5.57 Å². The van der Waals surface area contributed by atoms with Gasteiger partial charge in [-0.1, -0.05) is 23.8 Å². The number of amides is 2. The van der Waals surface area contributed by atoms with E-state index in [1.807, 2.05) is 32.0 Å². The lowest BCUT2D eigenvalue weighted by molar-refractivity contribution is -0.137. The summed E-state index contributed by atoms with van der Waals surface area (Å²) in [5.41, 5.74) is 3.92. The van der Waals surface area contributed by atoms with E-state index in [4.69, 9.17) is 14.2 Å². The number of nitrogens with zero attached hydrogens (tertiary/aromatic N) is 1. The minimum absolute atomic E-state index is 0.180. The van der Waals surface area contributed by atoms with Crippen LogP contribution >= 0.6 is 0 Å². The fraction of sp³-hybridized carbons (Fsp3) is 0.304. The number of carbonyl (C=O) groups excluding carboxylic acids is 2. The molecule has 1 aliphatic heterocycles. The predicted molar refractivity (Wildman–Crippen MR) is 115 cm³/mol. The maximum Gasteiger partial charge on any atom is 0.278 e. The third-order valence-electron chi connectivity index (χ3n) is 4.99. The number of nitrogens with one attached hydrogen (secondary N) is 1. The summed E-state index contributed by atoms with van der Waals surface area (Å²) in [5, 5.41) is 3.14. The summed E-state index contributed by atoms with van der Waals surface area (Å²) in [6.07, 6.45) is 0. The average Bonchev–Trinajstić information content (AvgIpc) is 2.96. The van der Waals surface area contributed by atoms with Gasteiger partial charge < -0.3 is 19.5 Å². The van der Waals surface area contributed by atoms with Crippen LogP contribution < -0.4 is 14.8 Å². The second-order valence-corrected chi connectivity index (χ2v) is 7.02. The van der Waals surface area contributed by atoms with Crippen LogP contribution in [0.1, 0.15) is 16.7 Å². The van der Waals surface area contributed by atoms with Gasteiger partial charge in [-0.2, -0.15) is 0 Å². The summed E-state index contributed by atoms with van der Waals surface area (Å²) in [7, 11) is 4.63. The number of anilines is 1. The zero-order chi connectivity index (χ0) is 21.8. The highest BCUT2D eigenvalue weighted by Gasteiger charge is 2.39. The molecule has 2 aromatic carbocycles. The van der Waals surface area contributed by atoms with E-state index in [2.05, 4.69) is 5.32 Å². The largest absolute Gasteiger partial charge is 0.493 e. The quantitative estimate of drug-likeness (QED) is 0.674. The molecule has 2 amide bonds. The van der Waals surface area contributed by atoms with Crippen LogP contribution in [0.2, 0.25) is 0 Å². The maximum atomic E-state index is 13.2. The Morgan fingerprint density at radius 2 is 1.63 bits per heavy atom. The highest BCUT2D eigenvalue weighted by Crippen LogP contribution is 2.35. The lowest BCUT2D eigenvalue weighted by atomic mass is 9.97. The number of aryl methyl sites for hydroxylation is 2. The van der Waals surface area contributed by atoms with Gasteiger partial charge in [0.05, 0.1) is 32.9 Å². The van der Waals surface area contributed by atoms with Crippen molar-refractivity contribution in [2.45, 2.75) is 13.8 Å². The van der Waals surface area contributed by atoms with Crippen molar-refractivity contribution < 1.29 is 23.8 Å². The predicted octanol–water partition coefficient (Wildman–Crippen LogP) is 3.16. The maximum absolute atomic E-state index is 13.2. The monoisotopic (exact) mass is 410 g/mol. The van der Waals surface area contributed by atoms with Crippen molar-refractivity contribution in [1.82, 2.24) is 4.90 Å². The van der Waals surface area contributed by atoms with E-state index in [0.717, 1.165) is 16.7 Å². The summed E-state index contributed by atoms with van der Waals surface area (Å²) in [6, 6.07) is 11.0. The number of hydrogen-bond acceptors (Lipinski definition) is 6. The minimum Gasteiger partial charge on any atom is -0.493 e. The van der Waals surface area contributed by atoms with E-state index < -0.39 is 0 Å². The SMILES string of the molecule is COCCN1C(=O)C(Nc2ccc(OC)c(OC)c2)=C(c2ccc(C)cc2C)C1=O. The van der Waals surface area contributed by atoms with Crippen LogP contribution in [0.15, 0.2) is 42.1 Å². The number of ether oxygens (including phenoxy) is 3. The molecule has 7 nitrogen and oxygen atoms in total.